The Morgan fingerprint density at radius 3 is 2.85 bits per heavy atom. The molecule has 1 heterocycles. The van der Waals surface area contributed by atoms with Crippen LogP contribution in [0, 0.1) is 6.92 Å². The Kier molecular flexibility index (Phi) is 2.22. The maximum absolute atomic E-state index is 5.96. The smallest absolute Gasteiger partial charge is 0.140 e. The summed E-state index contributed by atoms with van der Waals surface area (Å²) in [5.74, 6) is 0. The van der Waals surface area contributed by atoms with Crippen molar-refractivity contribution in [2.75, 3.05) is 0 Å². The molecule has 66 valence electrons. The summed E-state index contributed by atoms with van der Waals surface area (Å²) < 4.78 is 1.02. The van der Waals surface area contributed by atoms with E-state index in [0.29, 0.717) is 5.15 Å². The minimum Gasteiger partial charge on any atom is -0.236 e. The first-order valence-corrected chi connectivity index (χ1v) is 4.92. The van der Waals surface area contributed by atoms with E-state index in [1.807, 2.05) is 19.1 Å². The van der Waals surface area contributed by atoms with E-state index in [2.05, 4.69) is 25.9 Å². The molecule has 0 bridgehead atoms. The number of hydrogen-bond donors (Lipinski definition) is 0. The lowest BCUT2D eigenvalue weighted by atomic mass is 10.1. The molecule has 2 aromatic rings. The molecule has 0 atom stereocenters. The Morgan fingerprint density at radius 2 is 2.08 bits per heavy atom. The zero-order valence-electron chi connectivity index (χ0n) is 6.88. The number of rotatable bonds is 0. The van der Waals surface area contributed by atoms with Crippen LogP contribution < -0.4 is 0 Å². The summed E-state index contributed by atoms with van der Waals surface area (Å²) in [6, 6.07) is 3.88. The van der Waals surface area contributed by atoms with Crippen LogP contribution >= 0.6 is 27.5 Å². The van der Waals surface area contributed by atoms with Gasteiger partial charge in [0.2, 0.25) is 0 Å². The van der Waals surface area contributed by atoms with E-state index in [1.165, 1.54) is 6.33 Å². The normalized spacial score (nSPS) is 10.7. The average molecular weight is 258 g/mol. The van der Waals surface area contributed by atoms with Crippen LogP contribution in [0.5, 0.6) is 0 Å². The molecule has 0 radical (unpaired) electrons. The number of fused-ring (bicyclic) bond motifs is 1. The number of hydrogen-bond acceptors (Lipinski definition) is 2. The highest BCUT2D eigenvalue weighted by Crippen LogP contribution is 2.28. The molecule has 2 nitrogen and oxygen atoms in total. The zero-order valence-corrected chi connectivity index (χ0v) is 9.22. The fourth-order valence-corrected chi connectivity index (χ4v) is 1.86. The minimum atomic E-state index is 0.504. The summed E-state index contributed by atoms with van der Waals surface area (Å²) in [4.78, 5) is 8.07. The van der Waals surface area contributed by atoms with E-state index in [9.17, 15) is 0 Å². The number of aromatic nitrogens is 2. The van der Waals surface area contributed by atoms with Gasteiger partial charge in [-0.2, -0.15) is 0 Å². The van der Waals surface area contributed by atoms with Crippen molar-refractivity contribution in [2.45, 2.75) is 6.92 Å². The van der Waals surface area contributed by atoms with Crippen molar-refractivity contribution in [2.24, 2.45) is 0 Å². The van der Waals surface area contributed by atoms with Crippen LogP contribution in [0.25, 0.3) is 10.9 Å². The minimum absolute atomic E-state index is 0.504. The number of benzene rings is 1. The molecule has 0 amide bonds. The zero-order chi connectivity index (χ0) is 9.42. The van der Waals surface area contributed by atoms with Crippen LogP contribution in [-0.4, -0.2) is 9.97 Å². The standard InChI is InChI=1S/C9H6BrClN2/c1-5-6(10)2-3-7-8(5)9(11)13-4-12-7/h2-4H,1H3. The molecule has 1 aromatic carbocycles. The Balaban J connectivity index is 2.97. The second-order valence-electron chi connectivity index (χ2n) is 2.73. The van der Waals surface area contributed by atoms with Gasteiger partial charge in [0, 0.05) is 9.86 Å². The first-order chi connectivity index (χ1) is 6.20. The third-order valence-electron chi connectivity index (χ3n) is 1.95. The lowest BCUT2D eigenvalue weighted by Crippen LogP contribution is -1.87. The predicted molar refractivity (Wildman–Crippen MR) is 57.0 cm³/mol. The van der Waals surface area contributed by atoms with Crippen LogP contribution in [0.4, 0.5) is 0 Å². The van der Waals surface area contributed by atoms with Gasteiger partial charge in [-0.15, -0.1) is 0 Å². The van der Waals surface area contributed by atoms with Crippen molar-refractivity contribution < 1.29 is 0 Å². The fraction of sp³-hybridized carbons (Fsp3) is 0.111. The van der Waals surface area contributed by atoms with Gasteiger partial charge in [0.1, 0.15) is 11.5 Å². The van der Waals surface area contributed by atoms with Crippen molar-refractivity contribution in [3.8, 4) is 0 Å². The maximum Gasteiger partial charge on any atom is 0.140 e. The second kappa shape index (κ2) is 3.24. The summed E-state index contributed by atoms with van der Waals surface area (Å²) in [7, 11) is 0. The number of halogens is 2. The Bertz CT molecular complexity index is 470. The van der Waals surface area contributed by atoms with E-state index < -0.39 is 0 Å². The molecule has 0 spiro atoms. The highest BCUT2D eigenvalue weighted by Gasteiger charge is 2.06. The SMILES string of the molecule is Cc1c(Br)ccc2ncnc(Cl)c12. The van der Waals surface area contributed by atoms with Crippen LogP contribution in [0.1, 0.15) is 5.56 Å². The van der Waals surface area contributed by atoms with Gasteiger partial charge in [-0.1, -0.05) is 27.5 Å². The van der Waals surface area contributed by atoms with Gasteiger partial charge in [0.15, 0.2) is 0 Å². The van der Waals surface area contributed by atoms with Crippen molar-refractivity contribution in [3.63, 3.8) is 0 Å². The van der Waals surface area contributed by atoms with Gasteiger partial charge < -0.3 is 0 Å². The number of nitrogens with zero attached hydrogens (tertiary/aromatic N) is 2. The summed E-state index contributed by atoms with van der Waals surface area (Å²) in [5.41, 5.74) is 1.95. The van der Waals surface area contributed by atoms with Gasteiger partial charge >= 0.3 is 0 Å². The van der Waals surface area contributed by atoms with Gasteiger partial charge in [-0.25, -0.2) is 9.97 Å². The van der Waals surface area contributed by atoms with E-state index in [0.717, 1.165) is 20.9 Å². The molecule has 0 aliphatic carbocycles. The summed E-state index contributed by atoms with van der Waals surface area (Å²) >= 11 is 9.40. The quantitative estimate of drug-likeness (QED) is 0.676. The molecule has 0 aliphatic heterocycles. The van der Waals surface area contributed by atoms with Crippen molar-refractivity contribution >= 4 is 38.4 Å². The largest absolute Gasteiger partial charge is 0.236 e. The third kappa shape index (κ3) is 1.42. The molecule has 1 aromatic heterocycles. The lowest BCUT2D eigenvalue weighted by Gasteiger charge is -2.03. The molecule has 0 fully saturated rings. The van der Waals surface area contributed by atoms with Gasteiger partial charge in [-0.05, 0) is 24.6 Å². The van der Waals surface area contributed by atoms with E-state index in [1.54, 1.807) is 0 Å². The average Bonchev–Trinajstić information content (AvgIpc) is 2.12. The Hall–Kier alpha value is -0.670. The third-order valence-corrected chi connectivity index (χ3v) is 3.10. The van der Waals surface area contributed by atoms with Crippen LogP contribution in [0.3, 0.4) is 0 Å². The maximum atomic E-state index is 5.96. The van der Waals surface area contributed by atoms with Crippen molar-refractivity contribution in [1.29, 1.82) is 0 Å². The molecular weight excluding hydrogens is 251 g/mol. The summed E-state index contributed by atoms with van der Waals surface area (Å²) in [6.45, 7) is 1.99. The molecular formula is C9H6BrClN2. The fourth-order valence-electron chi connectivity index (χ4n) is 1.25. The highest BCUT2D eigenvalue weighted by atomic mass is 79.9. The molecule has 2 rings (SSSR count). The molecule has 0 saturated heterocycles. The lowest BCUT2D eigenvalue weighted by molar-refractivity contribution is 1.21. The van der Waals surface area contributed by atoms with Crippen LogP contribution in [-0.2, 0) is 0 Å². The van der Waals surface area contributed by atoms with E-state index in [-0.39, 0.29) is 0 Å². The summed E-state index contributed by atoms with van der Waals surface area (Å²) in [6.07, 6.45) is 1.47. The van der Waals surface area contributed by atoms with Crippen LogP contribution in [0.2, 0.25) is 5.15 Å². The molecule has 13 heavy (non-hydrogen) atoms. The van der Waals surface area contributed by atoms with Crippen molar-refractivity contribution in [1.82, 2.24) is 9.97 Å². The molecule has 0 aliphatic rings. The number of aryl methyl sites for hydroxylation is 1. The first kappa shape index (κ1) is 8.91. The van der Waals surface area contributed by atoms with Crippen LogP contribution in [0.15, 0.2) is 22.9 Å². The molecule has 0 saturated carbocycles. The molecule has 0 unspecified atom stereocenters. The molecule has 0 N–H and O–H groups in total. The predicted octanol–water partition coefficient (Wildman–Crippen LogP) is 3.35. The highest BCUT2D eigenvalue weighted by molar-refractivity contribution is 9.10. The topological polar surface area (TPSA) is 25.8 Å². The monoisotopic (exact) mass is 256 g/mol. The van der Waals surface area contributed by atoms with Gasteiger partial charge in [0.05, 0.1) is 5.52 Å². The van der Waals surface area contributed by atoms with Crippen molar-refractivity contribution in [3.05, 3.63) is 33.6 Å². The molecule has 4 heteroatoms. The van der Waals surface area contributed by atoms with Gasteiger partial charge in [-0.3, -0.25) is 0 Å². The van der Waals surface area contributed by atoms with E-state index in [4.69, 9.17) is 11.6 Å². The van der Waals surface area contributed by atoms with E-state index >= 15 is 0 Å². The first-order valence-electron chi connectivity index (χ1n) is 3.75. The summed E-state index contributed by atoms with van der Waals surface area (Å²) in [5, 5.41) is 1.42. The van der Waals surface area contributed by atoms with Gasteiger partial charge in [0.25, 0.3) is 0 Å². The Labute approximate surface area is 89.1 Å². The second-order valence-corrected chi connectivity index (χ2v) is 3.94. The Morgan fingerprint density at radius 1 is 1.31 bits per heavy atom.